The number of hydrogen-bond donors (Lipinski definition) is 2. The lowest BCUT2D eigenvalue weighted by molar-refractivity contribution is -0.138. The van der Waals surface area contributed by atoms with Gasteiger partial charge in [0.25, 0.3) is 0 Å². The normalized spacial score (nSPS) is 16.4. The summed E-state index contributed by atoms with van der Waals surface area (Å²) in [4.78, 5) is 40.6. The fourth-order valence-corrected chi connectivity index (χ4v) is 5.81. The van der Waals surface area contributed by atoms with Crippen molar-refractivity contribution in [3.8, 4) is 17.3 Å². The standard InChI is InChI=1S/C30H29F3N6O4/c1-15-24(39-10-4-5-20(27(39)34-15)43-14-17-18(31)6-7-19(32)23(17)33)26-35-25-22(30(2,3)29(42)37-25)28(36-26)38-11-8-16(9-12-38)13-21(40)41/h4-7,10,16H,8-9,11-14H2,1-3H3,(H,40,41)(H,35,36,37,42). The Bertz CT molecular complexity index is 1780. The molecule has 0 spiro atoms. The maximum absolute atomic E-state index is 14.2. The Labute approximate surface area is 244 Å². The summed E-state index contributed by atoms with van der Waals surface area (Å²) in [6, 6.07) is 4.80. The van der Waals surface area contributed by atoms with Gasteiger partial charge in [0.2, 0.25) is 5.91 Å². The molecule has 224 valence electrons. The average molecular weight is 595 g/mol. The summed E-state index contributed by atoms with van der Waals surface area (Å²) >= 11 is 0. The van der Waals surface area contributed by atoms with Crippen molar-refractivity contribution in [1.82, 2.24) is 19.4 Å². The lowest BCUT2D eigenvalue weighted by Crippen LogP contribution is -2.37. The number of carboxylic acid groups (broad SMARTS) is 1. The maximum atomic E-state index is 14.2. The van der Waals surface area contributed by atoms with Crippen molar-refractivity contribution >= 4 is 29.2 Å². The molecule has 5 heterocycles. The van der Waals surface area contributed by atoms with Crippen LogP contribution in [0.2, 0.25) is 0 Å². The van der Waals surface area contributed by atoms with Gasteiger partial charge >= 0.3 is 5.97 Å². The first-order chi connectivity index (χ1) is 20.5. The Morgan fingerprint density at radius 3 is 2.56 bits per heavy atom. The number of aromatic nitrogens is 4. The van der Waals surface area contributed by atoms with Crippen molar-refractivity contribution in [2.45, 2.75) is 52.1 Å². The number of nitrogens with zero attached hydrogens (tertiary/aromatic N) is 5. The van der Waals surface area contributed by atoms with Crippen LogP contribution in [0.3, 0.4) is 0 Å². The number of anilines is 2. The van der Waals surface area contributed by atoms with E-state index in [0.717, 1.165) is 6.07 Å². The van der Waals surface area contributed by atoms with Gasteiger partial charge in [-0.25, -0.2) is 28.1 Å². The Morgan fingerprint density at radius 1 is 1.12 bits per heavy atom. The largest absolute Gasteiger partial charge is 0.485 e. The van der Waals surface area contributed by atoms with Crippen LogP contribution in [0.5, 0.6) is 5.75 Å². The summed E-state index contributed by atoms with van der Waals surface area (Å²) in [5, 5.41) is 12.1. The summed E-state index contributed by atoms with van der Waals surface area (Å²) < 4.78 is 49.6. The second-order valence-corrected chi connectivity index (χ2v) is 11.4. The van der Waals surface area contributed by atoms with E-state index < -0.39 is 41.0 Å². The van der Waals surface area contributed by atoms with E-state index in [-0.39, 0.29) is 24.0 Å². The molecule has 43 heavy (non-hydrogen) atoms. The number of halogens is 3. The topological polar surface area (TPSA) is 122 Å². The summed E-state index contributed by atoms with van der Waals surface area (Å²) in [5.74, 6) is -2.91. The van der Waals surface area contributed by atoms with Crippen molar-refractivity contribution in [1.29, 1.82) is 0 Å². The van der Waals surface area contributed by atoms with Gasteiger partial charge in [-0.15, -0.1) is 0 Å². The number of piperidine rings is 1. The van der Waals surface area contributed by atoms with Gasteiger partial charge in [-0.3, -0.25) is 14.0 Å². The number of carbonyl (C=O) groups excluding carboxylic acids is 1. The first kappa shape index (κ1) is 28.4. The molecule has 2 aliphatic heterocycles. The number of carboxylic acids is 1. The van der Waals surface area contributed by atoms with Crippen molar-refractivity contribution < 1.29 is 32.6 Å². The van der Waals surface area contributed by atoms with Crippen LogP contribution in [0.4, 0.5) is 24.8 Å². The third-order valence-electron chi connectivity index (χ3n) is 8.20. The van der Waals surface area contributed by atoms with Gasteiger partial charge in [-0.1, -0.05) is 0 Å². The van der Waals surface area contributed by atoms with E-state index in [4.69, 9.17) is 14.7 Å². The zero-order valence-corrected chi connectivity index (χ0v) is 23.7. The van der Waals surface area contributed by atoms with Crippen LogP contribution in [0.1, 0.15) is 49.9 Å². The Morgan fingerprint density at radius 2 is 1.84 bits per heavy atom. The number of benzene rings is 1. The molecule has 0 radical (unpaired) electrons. The molecule has 0 bridgehead atoms. The van der Waals surface area contributed by atoms with Gasteiger partial charge in [0.1, 0.15) is 29.8 Å². The van der Waals surface area contributed by atoms with Gasteiger partial charge in [0, 0.05) is 25.7 Å². The number of aliphatic carboxylic acids is 1. The van der Waals surface area contributed by atoms with Gasteiger partial charge in [-0.05, 0) is 63.8 Å². The molecular weight excluding hydrogens is 565 g/mol. The van der Waals surface area contributed by atoms with Crippen molar-refractivity contribution in [2.24, 2.45) is 5.92 Å². The zero-order chi connectivity index (χ0) is 30.6. The summed E-state index contributed by atoms with van der Waals surface area (Å²) in [7, 11) is 0. The number of hydrogen-bond acceptors (Lipinski definition) is 7. The highest BCUT2D eigenvalue weighted by Crippen LogP contribution is 2.44. The molecule has 1 aromatic carbocycles. The number of aryl methyl sites for hydroxylation is 1. The molecule has 3 aromatic heterocycles. The number of rotatable bonds is 7. The number of fused-ring (bicyclic) bond motifs is 2. The highest BCUT2D eigenvalue weighted by Gasteiger charge is 2.44. The first-order valence-electron chi connectivity index (χ1n) is 13.9. The highest BCUT2D eigenvalue weighted by atomic mass is 19.2. The minimum absolute atomic E-state index is 0.0599. The third-order valence-corrected chi connectivity index (χ3v) is 8.20. The summed E-state index contributed by atoms with van der Waals surface area (Å²) in [5.41, 5.74) is 0.631. The minimum atomic E-state index is -1.32. The molecule has 1 fully saturated rings. The van der Waals surface area contributed by atoms with Crippen LogP contribution in [-0.4, -0.2) is 49.4 Å². The van der Waals surface area contributed by atoms with Crippen LogP contribution in [-0.2, 0) is 21.6 Å². The third kappa shape index (κ3) is 4.92. The molecule has 1 saturated heterocycles. The SMILES string of the molecule is Cc1nc2c(OCc3c(F)ccc(F)c3F)cccn2c1-c1nc2c(c(N3CCC(CC(=O)O)CC3)n1)C(C)(C)C(=O)N2. The van der Waals surface area contributed by atoms with Gasteiger partial charge < -0.3 is 20.1 Å². The van der Waals surface area contributed by atoms with Crippen molar-refractivity contribution in [3.05, 3.63) is 64.7 Å². The molecule has 0 unspecified atom stereocenters. The lowest BCUT2D eigenvalue weighted by Gasteiger charge is -2.34. The Kier molecular flexibility index (Phi) is 6.98. The highest BCUT2D eigenvalue weighted by molar-refractivity contribution is 6.06. The average Bonchev–Trinajstić information content (AvgIpc) is 3.42. The molecule has 10 nitrogen and oxygen atoms in total. The number of ether oxygens (including phenoxy) is 1. The van der Waals surface area contributed by atoms with E-state index in [1.807, 2.05) is 13.8 Å². The molecule has 13 heteroatoms. The lowest BCUT2D eigenvalue weighted by atomic mass is 9.86. The quantitative estimate of drug-likeness (QED) is 0.286. The molecular formula is C30H29F3N6O4. The molecule has 1 amide bonds. The van der Waals surface area contributed by atoms with Crippen molar-refractivity contribution in [3.63, 3.8) is 0 Å². The number of pyridine rings is 1. The first-order valence-corrected chi connectivity index (χ1v) is 13.9. The van der Waals surface area contributed by atoms with Gasteiger partial charge in [-0.2, -0.15) is 0 Å². The van der Waals surface area contributed by atoms with E-state index in [0.29, 0.717) is 72.1 Å². The number of nitrogens with one attached hydrogen (secondary N) is 1. The second-order valence-electron chi connectivity index (χ2n) is 11.4. The molecule has 4 aromatic rings. The van der Waals surface area contributed by atoms with Crippen LogP contribution in [0.15, 0.2) is 30.5 Å². The monoisotopic (exact) mass is 594 g/mol. The fourth-order valence-electron chi connectivity index (χ4n) is 5.81. The number of imidazole rings is 1. The minimum Gasteiger partial charge on any atom is -0.485 e. The fraction of sp³-hybridized carbons (Fsp3) is 0.367. The van der Waals surface area contributed by atoms with Crippen molar-refractivity contribution in [2.75, 3.05) is 23.3 Å². The molecule has 2 N–H and O–H groups in total. The summed E-state index contributed by atoms with van der Waals surface area (Å²) in [6.45, 7) is 5.96. The van der Waals surface area contributed by atoms with E-state index in [2.05, 4.69) is 15.2 Å². The molecule has 0 aliphatic carbocycles. The maximum Gasteiger partial charge on any atom is 0.303 e. The molecule has 6 rings (SSSR count). The van der Waals surface area contributed by atoms with E-state index in [1.165, 1.54) is 0 Å². The molecule has 2 aliphatic rings. The second kappa shape index (κ2) is 10.5. The number of amides is 1. The van der Waals surface area contributed by atoms with Crippen LogP contribution in [0, 0.1) is 30.3 Å². The van der Waals surface area contributed by atoms with E-state index in [1.54, 1.807) is 29.7 Å². The molecule has 0 saturated carbocycles. The predicted octanol–water partition coefficient (Wildman–Crippen LogP) is 5.02. The van der Waals surface area contributed by atoms with Crippen LogP contribution < -0.4 is 15.0 Å². The summed E-state index contributed by atoms with van der Waals surface area (Å²) in [6.07, 6.45) is 3.17. The van der Waals surface area contributed by atoms with Crippen LogP contribution >= 0.6 is 0 Å². The van der Waals surface area contributed by atoms with Gasteiger partial charge in [0.05, 0.1) is 22.2 Å². The smallest absolute Gasteiger partial charge is 0.303 e. The number of carbonyl (C=O) groups is 2. The van der Waals surface area contributed by atoms with Gasteiger partial charge in [0.15, 0.2) is 28.9 Å². The van der Waals surface area contributed by atoms with E-state index in [9.17, 15) is 27.9 Å². The predicted molar refractivity (Wildman–Crippen MR) is 150 cm³/mol. The molecule has 0 atom stereocenters. The Balaban J connectivity index is 1.40. The zero-order valence-electron chi connectivity index (χ0n) is 23.7. The Hall–Kier alpha value is -4.68. The van der Waals surface area contributed by atoms with Crippen LogP contribution in [0.25, 0.3) is 17.2 Å². The van der Waals surface area contributed by atoms with E-state index >= 15 is 0 Å².